The van der Waals surface area contributed by atoms with E-state index in [1.54, 1.807) is 0 Å². The van der Waals surface area contributed by atoms with E-state index in [0.29, 0.717) is 5.92 Å². The summed E-state index contributed by atoms with van der Waals surface area (Å²) in [5.74, 6) is 0.320. The van der Waals surface area contributed by atoms with Gasteiger partial charge in [0, 0.05) is 22.8 Å². The van der Waals surface area contributed by atoms with Crippen molar-refractivity contribution in [1.29, 1.82) is 0 Å². The zero-order valence-corrected chi connectivity index (χ0v) is 12.8. The minimum Gasteiger partial charge on any atom is -1.00 e. The van der Waals surface area contributed by atoms with Crippen LogP contribution in [-0.4, -0.2) is 40.6 Å². The molecule has 0 N–H and O–H groups in total. The van der Waals surface area contributed by atoms with E-state index in [1.165, 1.54) is 5.56 Å². The first kappa shape index (κ1) is 16.8. The van der Waals surface area contributed by atoms with Gasteiger partial charge in [0.15, 0.2) is 0 Å². The molecule has 2 rings (SSSR count). The van der Waals surface area contributed by atoms with Crippen molar-refractivity contribution >= 4 is 21.7 Å². The number of nitrogens with zero attached hydrogens (tertiary/aromatic N) is 2. The maximum absolute atomic E-state index is 5.97. The molecule has 1 atom stereocenters. The van der Waals surface area contributed by atoms with E-state index in [9.17, 15) is 0 Å². The summed E-state index contributed by atoms with van der Waals surface area (Å²) in [6.07, 6.45) is 2.90. The Hall–Kier alpha value is -1.21. The van der Waals surface area contributed by atoms with E-state index in [0.717, 1.165) is 23.7 Å². The molecule has 1 heterocycles. The maximum Gasteiger partial charge on any atom is 2.00 e. The Kier molecular flexibility index (Phi) is 6.87. The molecule has 1 aromatic carbocycles. The van der Waals surface area contributed by atoms with Crippen LogP contribution < -0.4 is 0 Å². The quantitative estimate of drug-likeness (QED) is 0.780. The molecule has 0 fully saturated rings. The summed E-state index contributed by atoms with van der Waals surface area (Å²) >= 11 is 5.97. The Morgan fingerprint density at radius 2 is 1.85 bits per heavy atom. The van der Waals surface area contributed by atoms with Gasteiger partial charge in [-0.3, -0.25) is 4.98 Å². The average molecular weight is 286 g/mol. The van der Waals surface area contributed by atoms with Crippen molar-refractivity contribution in [2.45, 2.75) is 12.3 Å². The van der Waals surface area contributed by atoms with E-state index < -0.39 is 0 Å². The zero-order valence-electron chi connectivity index (χ0n) is 14.1. The first-order chi connectivity index (χ1) is 9.16. The molecular formula is C16H21BeClN2. The summed E-state index contributed by atoms with van der Waals surface area (Å²) in [5, 5.41) is 0.774. The van der Waals surface area contributed by atoms with Gasteiger partial charge in [-0.2, -0.15) is 0 Å². The molecule has 104 valence electrons. The van der Waals surface area contributed by atoms with Crippen molar-refractivity contribution in [1.82, 2.24) is 9.88 Å². The second-order valence-corrected chi connectivity index (χ2v) is 5.39. The van der Waals surface area contributed by atoms with Gasteiger partial charge in [0.1, 0.15) is 0 Å². The second kappa shape index (κ2) is 8.16. The topological polar surface area (TPSA) is 16.1 Å². The number of halogens is 1. The van der Waals surface area contributed by atoms with Gasteiger partial charge < -0.3 is 7.75 Å². The van der Waals surface area contributed by atoms with Gasteiger partial charge in [0.25, 0.3) is 0 Å². The summed E-state index contributed by atoms with van der Waals surface area (Å²) in [6.45, 7) is 1.03. The molecule has 0 saturated heterocycles. The summed E-state index contributed by atoms with van der Waals surface area (Å²) in [6, 6.07) is 14.2. The van der Waals surface area contributed by atoms with Crippen molar-refractivity contribution < 1.29 is 2.85 Å². The molecule has 1 aromatic heterocycles. The molecular weight excluding hydrogens is 265 g/mol. The Labute approximate surface area is 133 Å². The smallest absolute Gasteiger partial charge is 1.00 e. The zero-order chi connectivity index (χ0) is 13.7. The van der Waals surface area contributed by atoms with Crippen LogP contribution in [0.5, 0.6) is 0 Å². The fourth-order valence-electron chi connectivity index (χ4n) is 2.15. The summed E-state index contributed by atoms with van der Waals surface area (Å²) in [5.41, 5.74) is 2.39. The van der Waals surface area contributed by atoms with Gasteiger partial charge in [0.2, 0.25) is 0 Å². The van der Waals surface area contributed by atoms with E-state index >= 15 is 0 Å². The van der Waals surface area contributed by atoms with Gasteiger partial charge in [-0.25, -0.2) is 0 Å². The fourth-order valence-corrected chi connectivity index (χ4v) is 2.28. The molecule has 0 aliphatic heterocycles. The molecule has 2 nitrogen and oxygen atoms in total. The van der Waals surface area contributed by atoms with Crippen LogP contribution in [0.2, 0.25) is 5.02 Å². The minimum atomic E-state index is 0. The first-order valence-electron chi connectivity index (χ1n) is 6.48. The van der Waals surface area contributed by atoms with Gasteiger partial charge in [-0.15, -0.1) is 0 Å². The number of rotatable bonds is 5. The van der Waals surface area contributed by atoms with E-state index in [-0.39, 0.29) is 13.0 Å². The van der Waals surface area contributed by atoms with Crippen LogP contribution in [0.15, 0.2) is 48.7 Å². The predicted molar refractivity (Wildman–Crippen MR) is 88.7 cm³/mol. The van der Waals surface area contributed by atoms with Gasteiger partial charge >= 0.3 is 10.1 Å². The van der Waals surface area contributed by atoms with E-state index in [2.05, 4.69) is 42.2 Å². The van der Waals surface area contributed by atoms with Crippen molar-refractivity contribution in [2.75, 3.05) is 20.6 Å². The van der Waals surface area contributed by atoms with Crippen LogP contribution in [0, 0.1) is 0 Å². The molecule has 1 unspecified atom stereocenters. The molecule has 2 aromatic rings. The van der Waals surface area contributed by atoms with Crippen LogP contribution in [0.3, 0.4) is 0 Å². The fraction of sp³-hybridized carbons (Fsp3) is 0.312. The molecule has 20 heavy (non-hydrogen) atoms. The van der Waals surface area contributed by atoms with Crippen molar-refractivity contribution in [2.24, 2.45) is 0 Å². The van der Waals surface area contributed by atoms with Crippen LogP contribution >= 0.6 is 11.6 Å². The molecule has 4 heteroatoms. The third kappa shape index (κ3) is 4.72. The van der Waals surface area contributed by atoms with Crippen LogP contribution in [0.1, 0.15) is 26.4 Å². The van der Waals surface area contributed by atoms with Crippen molar-refractivity contribution in [3.8, 4) is 0 Å². The molecule has 0 saturated carbocycles. The van der Waals surface area contributed by atoms with Crippen molar-refractivity contribution in [3.63, 3.8) is 0 Å². The van der Waals surface area contributed by atoms with Crippen LogP contribution in [0.4, 0.5) is 0 Å². The summed E-state index contributed by atoms with van der Waals surface area (Å²) in [7, 11) is 4.19. The summed E-state index contributed by atoms with van der Waals surface area (Å²) < 4.78 is 0. The molecule has 0 radical (unpaired) electrons. The first-order valence-corrected chi connectivity index (χ1v) is 6.86. The number of aromatic nitrogens is 1. The molecule has 0 aliphatic carbocycles. The number of hydrogen-bond donors (Lipinski definition) is 0. The minimum absolute atomic E-state index is 0. The Balaban J connectivity index is 0. The third-order valence-corrected chi connectivity index (χ3v) is 3.43. The normalized spacial score (nSPS) is 12.0. The van der Waals surface area contributed by atoms with Crippen LogP contribution in [-0.2, 0) is 0 Å². The van der Waals surface area contributed by atoms with Gasteiger partial charge in [-0.1, -0.05) is 29.8 Å². The summed E-state index contributed by atoms with van der Waals surface area (Å²) in [4.78, 5) is 6.70. The number of pyridine rings is 1. The second-order valence-electron chi connectivity index (χ2n) is 4.95. The van der Waals surface area contributed by atoms with Crippen molar-refractivity contribution in [3.05, 3.63) is 64.9 Å². The molecule has 0 amide bonds. The largest absolute Gasteiger partial charge is 2.00 e. The molecule has 0 bridgehead atoms. The standard InChI is InChI=1S/C16H19ClN2.Be.2H/c1-19(2)12-10-15(16-5-3-4-11-18-16)13-6-8-14(17)9-7-13;;;/h3-9,11,15H,10,12H2,1-2H3;;;/q;+2;2*-1. The SMILES string of the molecule is CN(C)CCC(c1ccc(Cl)cc1)c1ccccn1.[Be+2].[H-].[H-]. The number of benzene rings is 1. The predicted octanol–water partition coefficient (Wildman–Crippen LogP) is 3.66. The Morgan fingerprint density at radius 3 is 2.40 bits per heavy atom. The third-order valence-electron chi connectivity index (χ3n) is 3.18. The van der Waals surface area contributed by atoms with E-state index in [1.807, 2.05) is 30.5 Å². The average Bonchev–Trinajstić information content (AvgIpc) is 2.42. The van der Waals surface area contributed by atoms with E-state index in [4.69, 9.17) is 11.6 Å². The molecule has 0 aliphatic rings. The monoisotopic (exact) mass is 285 g/mol. The van der Waals surface area contributed by atoms with Gasteiger partial charge in [0.05, 0.1) is 0 Å². The van der Waals surface area contributed by atoms with Crippen LogP contribution in [0.25, 0.3) is 0 Å². The maximum atomic E-state index is 5.97. The number of hydrogen-bond acceptors (Lipinski definition) is 2. The molecule has 0 spiro atoms. The Morgan fingerprint density at radius 1 is 1.15 bits per heavy atom. The van der Waals surface area contributed by atoms with Gasteiger partial charge in [-0.05, 0) is 56.9 Å². The Bertz CT molecular complexity index is 509.